The number of carboxylic acids is 1. The third-order valence-corrected chi connectivity index (χ3v) is 4.69. The number of aliphatic carboxylic acids is 1. The third-order valence-electron chi connectivity index (χ3n) is 4.19. The Labute approximate surface area is 182 Å². The number of halogens is 1. The Morgan fingerprint density at radius 2 is 1.70 bits per heavy atom. The molecule has 0 aliphatic carbocycles. The molecule has 2 aromatic rings. The number of amides is 2. The van der Waals surface area contributed by atoms with Crippen LogP contribution in [0.3, 0.4) is 0 Å². The van der Waals surface area contributed by atoms with Crippen molar-refractivity contribution in [2.75, 3.05) is 0 Å². The summed E-state index contributed by atoms with van der Waals surface area (Å²) >= 11 is 3.31. The first-order chi connectivity index (χ1) is 14.3. The number of hydrogen-bond donors (Lipinski definition) is 4. The number of benzene rings is 2. The molecule has 160 valence electrons. The number of ether oxygens (including phenoxy) is 1. The van der Waals surface area contributed by atoms with E-state index in [0.29, 0.717) is 5.56 Å². The highest BCUT2D eigenvalue weighted by Crippen LogP contribution is 2.13. The van der Waals surface area contributed by atoms with Gasteiger partial charge in [-0.1, -0.05) is 58.4 Å². The Hall–Kier alpha value is -2.91. The smallest absolute Gasteiger partial charge is 0.408 e. The molecule has 30 heavy (non-hydrogen) atoms. The summed E-state index contributed by atoms with van der Waals surface area (Å²) in [7, 11) is 0. The number of aliphatic hydroxyl groups excluding tert-OH is 1. The number of carbonyl (C=O) groups is 3. The Morgan fingerprint density at radius 1 is 1.03 bits per heavy atom. The SMILES string of the molecule is C[C@@H](O)[C@H](NC(=O)OCc1ccccc1)C(=O)N[C@H](Cc1cccc(Br)c1)C(=O)O. The summed E-state index contributed by atoms with van der Waals surface area (Å²) in [6.45, 7) is 1.30. The highest BCUT2D eigenvalue weighted by Gasteiger charge is 2.30. The Balaban J connectivity index is 1.98. The van der Waals surface area contributed by atoms with Crippen molar-refractivity contribution in [2.24, 2.45) is 0 Å². The van der Waals surface area contributed by atoms with Gasteiger partial charge in [0.15, 0.2) is 0 Å². The van der Waals surface area contributed by atoms with Crippen molar-refractivity contribution >= 4 is 33.9 Å². The maximum absolute atomic E-state index is 12.6. The number of rotatable bonds is 9. The average molecular weight is 479 g/mol. The fraction of sp³-hybridized carbons (Fsp3) is 0.286. The predicted octanol–water partition coefficient (Wildman–Crippen LogP) is 2.24. The molecule has 0 aliphatic heterocycles. The van der Waals surface area contributed by atoms with Crippen molar-refractivity contribution in [2.45, 2.75) is 38.1 Å². The van der Waals surface area contributed by atoms with E-state index < -0.39 is 36.2 Å². The summed E-state index contributed by atoms with van der Waals surface area (Å²) in [6, 6.07) is 13.4. The minimum Gasteiger partial charge on any atom is -0.480 e. The van der Waals surface area contributed by atoms with Crippen molar-refractivity contribution in [3.05, 3.63) is 70.2 Å². The number of hydrogen-bond acceptors (Lipinski definition) is 5. The van der Waals surface area contributed by atoms with Crippen LogP contribution in [-0.2, 0) is 27.4 Å². The average Bonchev–Trinajstić information content (AvgIpc) is 2.70. The number of alkyl carbamates (subject to hydrolysis) is 1. The molecule has 3 atom stereocenters. The molecule has 2 aromatic carbocycles. The summed E-state index contributed by atoms with van der Waals surface area (Å²) in [5.74, 6) is -2.07. The van der Waals surface area contributed by atoms with Gasteiger partial charge in [0.2, 0.25) is 5.91 Å². The second kappa shape index (κ2) is 11.3. The highest BCUT2D eigenvalue weighted by atomic mass is 79.9. The monoisotopic (exact) mass is 478 g/mol. The van der Waals surface area contributed by atoms with Crippen LogP contribution in [0, 0.1) is 0 Å². The lowest BCUT2D eigenvalue weighted by molar-refractivity contribution is -0.142. The van der Waals surface area contributed by atoms with Gasteiger partial charge in [-0.15, -0.1) is 0 Å². The predicted molar refractivity (Wildman–Crippen MR) is 113 cm³/mol. The summed E-state index contributed by atoms with van der Waals surface area (Å²) in [5, 5.41) is 24.0. The van der Waals surface area contributed by atoms with E-state index in [4.69, 9.17) is 4.74 Å². The zero-order valence-electron chi connectivity index (χ0n) is 16.2. The highest BCUT2D eigenvalue weighted by molar-refractivity contribution is 9.10. The van der Waals surface area contributed by atoms with E-state index in [0.717, 1.165) is 10.0 Å². The molecule has 0 radical (unpaired) electrons. The van der Waals surface area contributed by atoms with E-state index in [-0.39, 0.29) is 13.0 Å². The molecule has 2 rings (SSSR count). The number of carbonyl (C=O) groups excluding carboxylic acids is 2. The standard InChI is InChI=1S/C21H23BrN2O6/c1-13(25)18(24-21(29)30-12-14-6-3-2-4-7-14)19(26)23-17(20(27)28)11-15-8-5-9-16(22)10-15/h2-10,13,17-18,25H,11-12H2,1H3,(H,23,26)(H,24,29)(H,27,28)/t13-,17-,18+/m1/s1. The minimum absolute atomic E-state index is 0.0124. The van der Waals surface area contributed by atoms with Gasteiger partial charge in [-0.3, -0.25) is 4.79 Å². The molecule has 0 saturated heterocycles. The molecule has 0 heterocycles. The Bertz CT molecular complexity index is 875. The van der Waals surface area contributed by atoms with E-state index in [9.17, 15) is 24.6 Å². The molecule has 0 unspecified atom stereocenters. The van der Waals surface area contributed by atoms with Gasteiger partial charge in [-0.25, -0.2) is 9.59 Å². The Morgan fingerprint density at radius 3 is 2.30 bits per heavy atom. The van der Waals surface area contributed by atoms with Crippen molar-refractivity contribution in [1.82, 2.24) is 10.6 Å². The molecule has 0 bridgehead atoms. The summed E-state index contributed by atoms with van der Waals surface area (Å²) in [5.41, 5.74) is 1.45. The molecular weight excluding hydrogens is 456 g/mol. The van der Waals surface area contributed by atoms with Gasteiger partial charge in [0.05, 0.1) is 6.10 Å². The third kappa shape index (κ3) is 7.49. The number of nitrogens with one attached hydrogen (secondary N) is 2. The van der Waals surface area contributed by atoms with E-state index in [1.807, 2.05) is 6.07 Å². The first-order valence-corrected chi connectivity index (χ1v) is 9.98. The molecule has 2 amide bonds. The van der Waals surface area contributed by atoms with Crippen molar-refractivity contribution < 1.29 is 29.3 Å². The zero-order chi connectivity index (χ0) is 22.1. The van der Waals surface area contributed by atoms with Gasteiger partial charge < -0.3 is 25.6 Å². The number of carboxylic acid groups (broad SMARTS) is 1. The lowest BCUT2D eigenvalue weighted by atomic mass is 10.0. The van der Waals surface area contributed by atoms with Crippen LogP contribution in [0.1, 0.15) is 18.1 Å². The van der Waals surface area contributed by atoms with E-state index in [1.165, 1.54) is 6.92 Å². The maximum atomic E-state index is 12.6. The summed E-state index contributed by atoms with van der Waals surface area (Å²) < 4.78 is 5.84. The number of aliphatic hydroxyl groups is 1. The van der Waals surface area contributed by atoms with Crippen molar-refractivity contribution in [1.29, 1.82) is 0 Å². The van der Waals surface area contributed by atoms with Gasteiger partial charge in [0.1, 0.15) is 18.7 Å². The van der Waals surface area contributed by atoms with Crippen LogP contribution in [0.4, 0.5) is 4.79 Å². The normalized spacial score (nSPS) is 13.6. The fourth-order valence-electron chi connectivity index (χ4n) is 2.66. The van der Waals surface area contributed by atoms with Gasteiger partial charge in [-0.05, 0) is 30.2 Å². The van der Waals surface area contributed by atoms with Crippen molar-refractivity contribution in [3.8, 4) is 0 Å². The second-order valence-corrected chi connectivity index (χ2v) is 7.57. The molecule has 0 fully saturated rings. The minimum atomic E-state index is -1.38. The quantitative estimate of drug-likeness (QED) is 0.437. The van der Waals surface area contributed by atoms with Crippen LogP contribution in [0.15, 0.2) is 59.1 Å². The first kappa shape index (κ1) is 23.4. The molecule has 8 nitrogen and oxygen atoms in total. The van der Waals surface area contributed by atoms with Gasteiger partial charge in [-0.2, -0.15) is 0 Å². The van der Waals surface area contributed by atoms with Crippen LogP contribution < -0.4 is 10.6 Å². The van der Waals surface area contributed by atoms with E-state index in [1.54, 1.807) is 48.5 Å². The second-order valence-electron chi connectivity index (χ2n) is 6.66. The van der Waals surface area contributed by atoms with E-state index >= 15 is 0 Å². The molecule has 0 aromatic heterocycles. The molecule has 0 saturated carbocycles. The molecule has 4 N–H and O–H groups in total. The zero-order valence-corrected chi connectivity index (χ0v) is 17.8. The largest absolute Gasteiger partial charge is 0.480 e. The summed E-state index contributed by atoms with van der Waals surface area (Å²) in [4.78, 5) is 36.2. The lowest BCUT2D eigenvalue weighted by Gasteiger charge is -2.23. The topological polar surface area (TPSA) is 125 Å². The van der Waals surface area contributed by atoms with Crippen LogP contribution in [0.2, 0.25) is 0 Å². The van der Waals surface area contributed by atoms with Crippen molar-refractivity contribution in [3.63, 3.8) is 0 Å². The van der Waals surface area contributed by atoms with Gasteiger partial charge in [0, 0.05) is 10.9 Å². The van der Waals surface area contributed by atoms with Gasteiger partial charge >= 0.3 is 12.1 Å². The van der Waals surface area contributed by atoms with E-state index in [2.05, 4.69) is 26.6 Å². The van der Waals surface area contributed by atoms with Crippen LogP contribution in [0.25, 0.3) is 0 Å². The fourth-order valence-corrected chi connectivity index (χ4v) is 3.10. The molecule has 0 spiro atoms. The summed E-state index contributed by atoms with van der Waals surface area (Å²) in [6.07, 6.45) is -2.14. The lowest BCUT2D eigenvalue weighted by Crippen LogP contribution is -2.56. The van der Waals surface area contributed by atoms with Gasteiger partial charge in [0.25, 0.3) is 0 Å². The van der Waals surface area contributed by atoms with Crippen LogP contribution in [-0.4, -0.2) is 46.4 Å². The molecular formula is C21H23BrN2O6. The first-order valence-electron chi connectivity index (χ1n) is 9.19. The maximum Gasteiger partial charge on any atom is 0.408 e. The Kier molecular flexibility index (Phi) is 8.82. The molecule has 0 aliphatic rings. The van der Waals surface area contributed by atoms with Crippen LogP contribution in [0.5, 0.6) is 0 Å². The van der Waals surface area contributed by atoms with Crippen LogP contribution >= 0.6 is 15.9 Å². The molecule has 9 heteroatoms.